The number of fused-ring (bicyclic) bond motifs is 12. The maximum absolute atomic E-state index is 6.63. The van der Waals surface area contributed by atoms with Crippen LogP contribution >= 0.6 is 0 Å². The van der Waals surface area contributed by atoms with Crippen LogP contribution in [0.15, 0.2) is 140 Å². The van der Waals surface area contributed by atoms with E-state index in [0.717, 1.165) is 17.2 Å². The summed E-state index contributed by atoms with van der Waals surface area (Å²) < 4.78 is 9.03. The van der Waals surface area contributed by atoms with Gasteiger partial charge < -0.3 is 9.30 Å². The molecule has 0 saturated heterocycles. The van der Waals surface area contributed by atoms with Crippen molar-refractivity contribution in [2.24, 2.45) is 0 Å². The van der Waals surface area contributed by atoms with Crippen molar-refractivity contribution in [2.45, 2.75) is 5.41 Å². The van der Waals surface area contributed by atoms with E-state index in [-0.39, 0.29) is 0 Å². The highest BCUT2D eigenvalue weighted by atomic mass is 16.5. The Hall–Kier alpha value is -5.08. The Kier molecular flexibility index (Phi) is 4.02. The van der Waals surface area contributed by atoms with Crippen molar-refractivity contribution >= 4 is 21.8 Å². The number of hydrogen-bond acceptors (Lipinski definition) is 1. The first kappa shape index (κ1) is 20.9. The fourth-order valence-electron chi connectivity index (χ4n) is 7.18. The molecule has 2 heterocycles. The second kappa shape index (κ2) is 7.49. The molecule has 9 rings (SSSR count). The molecule has 2 nitrogen and oxygen atoms in total. The van der Waals surface area contributed by atoms with E-state index in [9.17, 15) is 0 Å². The van der Waals surface area contributed by atoms with Gasteiger partial charge in [0.25, 0.3) is 0 Å². The summed E-state index contributed by atoms with van der Waals surface area (Å²) in [4.78, 5) is 0. The van der Waals surface area contributed by atoms with Crippen LogP contribution in [0.5, 0.6) is 11.5 Å². The first-order valence-electron chi connectivity index (χ1n) is 13.5. The van der Waals surface area contributed by atoms with E-state index < -0.39 is 5.41 Å². The van der Waals surface area contributed by atoms with Crippen LogP contribution in [-0.4, -0.2) is 4.57 Å². The minimum absolute atomic E-state index is 0.466. The summed E-state index contributed by atoms with van der Waals surface area (Å²) in [6.07, 6.45) is 0. The summed E-state index contributed by atoms with van der Waals surface area (Å²) >= 11 is 0. The van der Waals surface area contributed by atoms with Gasteiger partial charge in [-0.05, 0) is 58.7 Å². The fourth-order valence-corrected chi connectivity index (χ4v) is 7.18. The van der Waals surface area contributed by atoms with Gasteiger partial charge in [0.2, 0.25) is 0 Å². The number of para-hydroxylation sites is 3. The second-order valence-electron chi connectivity index (χ2n) is 10.5. The normalized spacial score (nSPS) is 14.1. The van der Waals surface area contributed by atoms with Crippen LogP contribution < -0.4 is 4.74 Å². The third kappa shape index (κ3) is 2.56. The van der Waals surface area contributed by atoms with Crippen LogP contribution in [0.4, 0.5) is 0 Å². The standard InChI is InChI=1S/C37H23NO/c1-5-15-29-25(11-1)26-12-2-6-16-30(26)37(29)31-17-7-10-20-35(31)39-36-22-21-24(23-32(36)37)38-33-18-8-3-13-27(33)28-14-4-9-19-34(28)38/h1-23H. The molecule has 0 fully saturated rings. The summed E-state index contributed by atoms with van der Waals surface area (Å²) in [5.74, 6) is 1.82. The monoisotopic (exact) mass is 497 g/mol. The van der Waals surface area contributed by atoms with E-state index in [1.54, 1.807) is 0 Å². The minimum atomic E-state index is -0.466. The molecule has 1 aliphatic carbocycles. The van der Waals surface area contributed by atoms with Gasteiger partial charge in [0.1, 0.15) is 11.5 Å². The van der Waals surface area contributed by atoms with Crippen molar-refractivity contribution in [1.82, 2.24) is 4.57 Å². The van der Waals surface area contributed by atoms with Crippen molar-refractivity contribution in [3.05, 3.63) is 162 Å². The number of rotatable bonds is 1. The van der Waals surface area contributed by atoms with Gasteiger partial charge in [-0.1, -0.05) is 103 Å². The van der Waals surface area contributed by atoms with Crippen molar-refractivity contribution in [2.75, 3.05) is 0 Å². The predicted molar refractivity (Wildman–Crippen MR) is 158 cm³/mol. The number of nitrogens with zero attached hydrogens (tertiary/aromatic N) is 1. The zero-order valence-corrected chi connectivity index (χ0v) is 21.1. The molecular weight excluding hydrogens is 474 g/mol. The Bertz CT molecular complexity index is 2020. The highest BCUT2D eigenvalue weighted by molar-refractivity contribution is 6.09. The third-order valence-corrected chi connectivity index (χ3v) is 8.67. The lowest BCUT2D eigenvalue weighted by molar-refractivity contribution is 0.436. The third-order valence-electron chi connectivity index (χ3n) is 8.67. The molecule has 1 spiro atoms. The van der Waals surface area contributed by atoms with Crippen LogP contribution in [0.2, 0.25) is 0 Å². The van der Waals surface area contributed by atoms with Crippen LogP contribution in [0.3, 0.4) is 0 Å². The smallest absolute Gasteiger partial charge is 0.132 e. The van der Waals surface area contributed by atoms with E-state index in [2.05, 4.69) is 144 Å². The summed E-state index contributed by atoms with van der Waals surface area (Å²) in [6.45, 7) is 0. The van der Waals surface area contributed by atoms with Crippen molar-refractivity contribution in [1.29, 1.82) is 0 Å². The van der Waals surface area contributed by atoms with Crippen LogP contribution in [-0.2, 0) is 5.41 Å². The molecule has 0 radical (unpaired) electrons. The molecule has 7 aromatic rings. The Morgan fingerprint density at radius 1 is 0.436 bits per heavy atom. The summed E-state index contributed by atoms with van der Waals surface area (Å²) in [7, 11) is 0. The Labute approximate surface area is 226 Å². The zero-order chi connectivity index (χ0) is 25.6. The second-order valence-corrected chi connectivity index (χ2v) is 10.5. The first-order valence-corrected chi connectivity index (χ1v) is 13.5. The van der Waals surface area contributed by atoms with E-state index in [0.29, 0.717) is 0 Å². The number of ether oxygens (including phenoxy) is 1. The number of hydrogen-bond donors (Lipinski definition) is 0. The van der Waals surface area contributed by atoms with Gasteiger partial charge in [-0.3, -0.25) is 0 Å². The van der Waals surface area contributed by atoms with Crippen molar-refractivity contribution < 1.29 is 4.74 Å². The van der Waals surface area contributed by atoms with Crippen LogP contribution in [0.1, 0.15) is 22.3 Å². The quantitative estimate of drug-likeness (QED) is 0.220. The molecule has 0 amide bonds. The van der Waals surface area contributed by atoms with E-state index >= 15 is 0 Å². The van der Waals surface area contributed by atoms with Gasteiger partial charge in [-0.15, -0.1) is 0 Å². The maximum Gasteiger partial charge on any atom is 0.132 e. The van der Waals surface area contributed by atoms with Gasteiger partial charge in [0, 0.05) is 27.6 Å². The predicted octanol–water partition coefficient (Wildman–Crippen LogP) is 9.25. The Morgan fingerprint density at radius 3 is 1.62 bits per heavy atom. The average Bonchev–Trinajstić information content (AvgIpc) is 3.49. The largest absolute Gasteiger partial charge is 0.457 e. The molecule has 0 saturated carbocycles. The van der Waals surface area contributed by atoms with Crippen LogP contribution in [0, 0.1) is 0 Å². The minimum Gasteiger partial charge on any atom is -0.457 e. The molecule has 2 aliphatic rings. The first-order chi connectivity index (χ1) is 19.4. The van der Waals surface area contributed by atoms with E-state index in [4.69, 9.17) is 4.74 Å². The lowest BCUT2D eigenvalue weighted by atomic mass is 9.66. The fraction of sp³-hybridized carbons (Fsp3) is 0.0270. The molecule has 0 N–H and O–H groups in total. The van der Waals surface area contributed by atoms with Gasteiger partial charge in [0.15, 0.2) is 0 Å². The molecule has 39 heavy (non-hydrogen) atoms. The van der Waals surface area contributed by atoms with Crippen molar-refractivity contribution in [3.63, 3.8) is 0 Å². The molecule has 2 heteroatoms. The highest BCUT2D eigenvalue weighted by Crippen LogP contribution is 2.62. The summed E-state index contributed by atoms with van der Waals surface area (Å²) in [5.41, 5.74) is 10.6. The summed E-state index contributed by atoms with van der Waals surface area (Å²) in [5, 5.41) is 2.53. The number of aromatic nitrogens is 1. The molecule has 6 aromatic carbocycles. The molecule has 1 aliphatic heterocycles. The molecule has 0 atom stereocenters. The van der Waals surface area contributed by atoms with Gasteiger partial charge >= 0.3 is 0 Å². The molecule has 0 bridgehead atoms. The summed E-state index contributed by atoms with van der Waals surface area (Å²) in [6, 6.07) is 50.4. The molecule has 0 unspecified atom stereocenters. The van der Waals surface area contributed by atoms with E-state index in [1.807, 2.05) is 0 Å². The molecule has 182 valence electrons. The lowest BCUT2D eigenvalue weighted by Crippen LogP contribution is -2.32. The van der Waals surface area contributed by atoms with Gasteiger partial charge in [0.05, 0.1) is 16.4 Å². The highest BCUT2D eigenvalue weighted by Gasteiger charge is 2.51. The topological polar surface area (TPSA) is 14.2 Å². The van der Waals surface area contributed by atoms with Gasteiger partial charge in [-0.25, -0.2) is 0 Å². The van der Waals surface area contributed by atoms with Gasteiger partial charge in [-0.2, -0.15) is 0 Å². The average molecular weight is 498 g/mol. The lowest BCUT2D eigenvalue weighted by Gasteiger charge is -2.39. The maximum atomic E-state index is 6.63. The molecular formula is C37H23NO. The van der Waals surface area contributed by atoms with Crippen molar-refractivity contribution in [3.8, 4) is 28.3 Å². The SMILES string of the molecule is c1ccc2c(c1)Oc1ccc(-n3c4ccccc4c4ccccc43)cc1C21c2ccccc2-c2ccccc21. The number of benzene rings is 6. The van der Waals surface area contributed by atoms with Crippen LogP contribution in [0.25, 0.3) is 38.6 Å². The van der Waals surface area contributed by atoms with E-state index in [1.165, 1.54) is 55.2 Å². The Balaban J connectivity index is 1.43. The molecule has 1 aromatic heterocycles. The zero-order valence-electron chi connectivity index (χ0n) is 21.1. The Morgan fingerprint density at radius 2 is 0.949 bits per heavy atom.